The molecule has 0 aliphatic rings. The van der Waals surface area contributed by atoms with Gasteiger partial charge in [-0.3, -0.25) is 13.9 Å². The lowest BCUT2D eigenvalue weighted by Crippen LogP contribution is -2.53. The molecular weight excluding hydrogens is 481 g/mol. The van der Waals surface area contributed by atoms with Crippen molar-refractivity contribution in [1.29, 1.82) is 0 Å². The number of hydrogen-bond donors (Lipinski definition) is 1. The van der Waals surface area contributed by atoms with Crippen LogP contribution in [0.4, 0.5) is 10.1 Å². The van der Waals surface area contributed by atoms with Crippen LogP contribution in [0.1, 0.15) is 58.1 Å². The first-order chi connectivity index (χ1) is 16.7. The Balaban J connectivity index is 2.22. The third-order valence-electron chi connectivity index (χ3n) is 5.62. The first-order valence-corrected chi connectivity index (χ1v) is 14.0. The lowest BCUT2D eigenvalue weighted by molar-refractivity contribution is -0.142. The molecule has 1 atom stereocenters. The minimum atomic E-state index is -3.63. The van der Waals surface area contributed by atoms with Crippen LogP contribution < -0.4 is 9.62 Å². The highest BCUT2D eigenvalue weighted by atomic mass is 32.2. The van der Waals surface area contributed by atoms with Crippen LogP contribution in [0.5, 0.6) is 0 Å². The second kappa shape index (κ2) is 12.3. The summed E-state index contributed by atoms with van der Waals surface area (Å²) < 4.78 is 39.2. The van der Waals surface area contributed by atoms with Gasteiger partial charge in [-0.25, -0.2) is 12.8 Å². The zero-order valence-electron chi connectivity index (χ0n) is 22.0. The highest BCUT2D eigenvalue weighted by Gasteiger charge is 2.30. The molecule has 0 heterocycles. The van der Waals surface area contributed by atoms with Crippen LogP contribution in [-0.4, -0.2) is 49.5 Å². The molecule has 0 fully saturated rings. The molecule has 0 saturated heterocycles. The van der Waals surface area contributed by atoms with Crippen LogP contribution in [0.15, 0.2) is 48.5 Å². The highest BCUT2D eigenvalue weighted by molar-refractivity contribution is 7.92. The van der Waals surface area contributed by atoms with Crippen LogP contribution >= 0.6 is 0 Å². The average molecular weight is 520 g/mol. The molecule has 7 nitrogen and oxygen atoms in total. The van der Waals surface area contributed by atoms with Gasteiger partial charge in [0.1, 0.15) is 11.9 Å². The van der Waals surface area contributed by atoms with E-state index in [1.165, 1.54) is 24.3 Å². The maximum absolute atomic E-state index is 13.4. The number of amides is 2. The molecule has 2 aromatic carbocycles. The Hall–Kier alpha value is -2.94. The average Bonchev–Trinajstić information content (AvgIpc) is 2.76. The van der Waals surface area contributed by atoms with E-state index in [2.05, 4.69) is 5.32 Å². The normalized spacial score (nSPS) is 12.6. The van der Waals surface area contributed by atoms with Gasteiger partial charge in [0.15, 0.2) is 0 Å². The van der Waals surface area contributed by atoms with Crippen LogP contribution in [0, 0.1) is 12.7 Å². The van der Waals surface area contributed by atoms with Crippen molar-refractivity contribution in [3.8, 4) is 0 Å². The Labute approximate surface area is 214 Å². The van der Waals surface area contributed by atoms with Crippen molar-refractivity contribution in [1.82, 2.24) is 10.2 Å². The molecule has 36 heavy (non-hydrogen) atoms. The van der Waals surface area contributed by atoms with E-state index in [4.69, 9.17) is 0 Å². The summed E-state index contributed by atoms with van der Waals surface area (Å²) in [5.74, 6) is -0.929. The number of hydrogen-bond acceptors (Lipinski definition) is 4. The fourth-order valence-electron chi connectivity index (χ4n) is 3.87. The molecule has 9 heteroatoms. The first-order valence-electron chi connectivity index (χ1n) is 12.1. The van der Waals surface area contributed by atoms with Gasteiger partial charge in [-0.05, 0) is 70.4 Å². The predicted molar refractivity (Wildman–Crippen MR) is 142 cm³/mol. The maximum Gasteiger partial charge on any atom is 0.243 e. The third kappa shape index (κ3) is 8.93. The Kier molecular flexibility index (Phi) is 10.0. The molecule has 198 valence electrons. The molecule has 0 aliphatic carbocycles. The molecule has 0 aliphatic heterocycles. The van der Waals surface area contributed by atoms with Gasteiger partial charge in [0.25, 0.3) is 0 Å². The van der Waals surface area contributed by atoms with E-state index >= 15 is 0 Å². The smallest absolute Gasteiger partial charge is 0.243 e. The van der Waals surface area contributed by atoms with Crippen molar-refractivity contribution < 1.29 is 22.4 Å². The van der Waals surface area contributed by atoms with E-state index < -0.39 is 27.4 Å². The Morgan fingerprint density at radius 1 is 1.03 bits per heavy atom. The lowest BCUT2D eigenvalue weighted by Gasteiger charge is -2.33. The van der Waals surface area contributed by atoms with Crippen molar-refractivity contribution >= 4 is 27.5 Å². The number of nitrogens with zero attached hydrogens (tertiary/aromatic N) is 2. The fourth-order valence-corrected chi connectivity index (χ4v) is 4.84. The molecule has 2 aromatic rings. The fraction of sp³-hybridized carbons (Fsp3) is 0.481. The Bertz CT molecular complexity index is 1130. The van der Waals surface area contributed by atoms with Crippen molar-refractivity contribution in [2.24, 2.45) is 0 Å². The summed E-state index contributed by atoms with van der Waals surface area (Å²) >= 11 is 0. The van der Waals surface area contributed by atoms with Crippen LogP contribution in [0.2, 0.25) is 0 Å². The van der Waals surface area contributed by atoms with Gasteiger partial charge in [-0.2, -0.15) is 0 Å². The van der Waals surface area contributed by atoms with Crippen molar-refractivity contribution in [2.75, 3.05) is 17.1 Å². The summed E-state index contributed by atoms with van der Waals surface area (Å²) in [4.78, 5) is 28.1. The van der Waals surface area contributed by atoms with Gasteiger partial charge in [-0.1, -0.05) is 36.8 Å². The van der Waals surface area contributed by atoms with Gasteiger partial charge in [0, 0.05) is 25.0 Å². The summed E-state index contributed by atoms with van der Waals surface area (Å²) in [5.41, 5.74) is 1.88. The molecule has 2 amide bonds. The van der Waals surface area contributed by atoms with Gasteiger partial charge in [-0.15, -0.1) is 0 Å². The Morgan fingerprint density at radius 2 is 1.61 bits per heavy atom. The van der Waals surface area contributed by atoms with Crippen LogP contribution in [0.25, 0.3) is 0 Å². The SMILES string of the molecule is CC[C@H](C(=O)NC(C)(C)C)N(Cc1ccc(C)cc1)C(=O)CCCN(c1ccc(F)cc1)S(C)(=O)=O. The molecular formula is C27H38FN3O4S. The van der Waals surface area contributed by atoms with Gasteiger partial charge < -0.3 is 10.2 Å². The molecule has 1 N–H and O–H groups in total. The summed E-state index contributed by atoms with van der Waals surface area (Å²) in [7, 11) is -3.63. The molecule has 0 bridgehead atoms. The molecule has 0 spiro atoms. The Morgan fingerprint density at radius 3 is 2.11 bits per heavy atom. The number of anilines is 1. The van der Waals surface area contributed by atoms with Crippen molar-refractivity contribution in [3.05, 3.63) is 65.5 Å². The second-order valence-corrected chi connectivity index (χ2v) is 12.0. The largest absolute Gasteiger partial charge is 0.350 e. The van der Waals surface area contributed by atoms with Crippen molar-refractivity contribution in [2.45, 2.75) is 72.0 Å². The van der Waals surface area contributed by atoms with Gasteiger partial charge in [0.05, 0.1) is 11.9 Å². The minimum Gasteiger partial charge on any atom is -0.350 e. The minimum absolute atomic E-state index is 0.0539. The zero-order chi connectivity index (χ0) is 27.1. The van der Waals surface area contributed by atoms with E-state index in [9.17, 15) is 22.4 Å². The number of aryl methyl sites for hydroxylation is 1. The third-order valence-corrected chi connectivity index (χ3v) is 6.82. The van der Waals surface area contributed by atoms with Gasteiger partial charge >= 0.3 is 0 Å². The number of carbonyl (C=O) groups excluding carboxylic acids is 2. The maximum atomic E-state index is 13.4. The quantitative estimate of drug-likeness (QED) is 0.477. The van der Waals surface area contributed by atoms with Crippen LogP contribution in [-0.2, 0) is 26.2 Å². The molecule has 0 radical (unpaired) electrons. The lowest BCUT2D eigenvalue weighted by atomic mass is 10.0. The topological polar surface area (TPSA) is 86.8 Å². The molecule has 0 unspecified atom stereocenters. The number of benzene rings is 2. The summed E-state index contributed by atoms with van der Waals surface area (Å²) in [6.45, 7) is 9.83. The molecule has 2 rings (SSSR count). The van der Waals surface area contributed by atoms with E-state index in [0.717, 1.165) is 21.7 Å². The van der Waals surface area contributed by atoms with E-state index in [1.54, 1.807) is 4.90 Å². The summed E-state index contributed by atoms with van der Waals surface area (Å²) in [6, 6.07) is 12.3. The molecule has 0 saturated carbocycles. The number of halogens is 1. The standard InChI is InChI=1S/C27H38FN3O4S/c1-7-24(26(33)29-27(3,4)5)30(19-21-12-10-20(2)11-13-21)25(32)9-8-18-31(36(6,34)35)23-16-14-22(28)15-17-23/h10-17,24H,7-9,18-19H2,1-6H3,(H,29,33)/t24-/m1/s1. The molecule has 0 aromatic heterocycles. The summed E-state index contributed by atoms with van der Waals surface area (Å²) in [6.07, 6.45) is 1.81. The number of rotatable bonds is 11. The number of nitrogens with one attached hydrogen (secondary N) is 1. The second-order valence-electron chi connectivity index (χ2n) is 10.1. The van der Waals surface area contributed by atoms with E-state index in [-0.39, 0.29) is 37.7 Å². The zero-order valence-corrected chi connectivity index (χ0v) is 22.9. The van der Waals surface area contributed by atoms with Crippen molar-refractivity contribution in [3.63, 3.8) is 0 Å². The monoisotopic (exact) mass is 519 g/mol. The highest BCUT2D eigenvalue weighted by Crippen LogP contribution is 2.20. The first kappa shape index (κ1) is 29.3. The predicted octanol–water partition coefficient (Wildman–Crippen LogP) is 4.40. The number of carbonyl (C=O) groups is 2. The van der Waals surface area contributed by atoms with E-state index in [0.29, 0.717) is 12.1 Å². The van der Waals surface area contributed by atoms with E-state index in [1.807, 2.05) is 58.9 Å². The summed E-state index contributed by atoms with van der Waals surface area (Å²) in [5, 5.41) is 2.97. The van der Waals surface area contributed by atoms with Gasteiger partial charge in [0.2, 0.25) is 21.8 Å². The van der Waals surface area contributed by atoms with Crippen LogP contribution in [0.3, 0.4) is 0 Å². The number of sulfonamides is 1.